The SMILES string of the molecule is CC/C=C1/N[C@](C)(c2cc(-c3cccc(C#N)c3)ccn2)[C@H](c2ccc(C3CC3)cc2)C(=O)N1C. The first-order valence-electron chi connectivity index (χ1n) is 12.3. The molecular weight excluding hydrogens is 432 g/mol. The van der Waals surface area contributed by atoms with E-state index in [-0.39, 0.29) is 5.91 Å². The number of aromatic nitrogens is 1. The third-order valence-electron chi connectivity index (χ3n) is 7.24. The molecule has 0 radical (unpaired) electrons. The molecule has 2 atom stereocenters. The number of benzene rings is 2. The minimum atomic E-state index is -0.755. The highest BCUT2D eigenvalue weighted by molar-refractivity contribution is 5.88. The van der Waals surface area contributed by atoms with Crippen molar-refractivity contribution in [2.24, 2.45) is 0 Å². The largest absolute Gasteiger partial charge is 0.360 e. The minimum Gasteiger partial charge on any atom is -0.360 e. The standard InChI is InChI=1S/C30H30N4O/c1-4-6-27-33-30(2,26-18-25(15-16-32-26)24-8-5-7-20(17-24)19-31)28(29(35)34(27)3)23-13-11-22(12-14-23)21-9-10-21/h5-8,11-18,21,28,33H,4,9-10H2,1-3H3/b27-6-/t28-,30-/m1/s1. The quantitative estimate of drug-likeness (QED) is 0.520. The molecule has 1 aromatic heterocycles. The van der Waals surface area contributed by atoms with Crippen molar-refractivity contribution in [1.82, 2.24) is 15.2 Å². The van der Waals surface area contributed by atoms with Crippen LogP contribution in [0, 0.1) is 11.3 Å². The van der Waals surface area contributed by atoms with Crippen LogP contribution in [0.4, 0.5) is 0 Å². The summed E-state index contributed by atoms with van der Waals surface area (Å²) in [5, 5.41) is 13.0. The maximum Gasteiger partial charge on any atom is 0.238 e. The van der Waals surface area contributed by atoms with Gasteiger partial charge in [-0.15, -0.1) is 0 Å². The summed E-state index contributed by atoms with van der Waals surface area (Å²) in [6.07, 6.45) is 7.14. The number of likely N-dealkylation sites (N-methyl/N-ethyl adjacent to an activating group) is 1. The van der Waals surface area contributed by atoms with Crippen LogP contribution in [0.25, 0.3) is 11.1 Å². The molecule has 5 nitrogen and oxygen atoms in total. The molecule has 1 N–H and O–H groups in total. The average Bonchev–Trinajstić information content (AvgIpc) is 3.74. The van der Waals surface area contributed by atoms with Crippen LogP contribution in [0.2, 0.25) is 0 Å². The van der Waals surface area contributed by atoms with Crippen LogP contribution < -0.4 is 5.32 Å². The van der Waals surface area contributed by atoms with E-state index in [0.29, 0.717) is 11.5 Å². The van der Waals surface area contributed by atoms with Gasteiger partial charge in [0.2, 0.25) is 5.91 Å². The predicted molar refractivity (Wildman–Crippen MR) is 137 cm³/mol. The molecule has 5 rings (SSSR count). The molecule has 1 saturated heterocycles. The van der Waals surface area contributed by atoms with E-state index in [0.717, 1.165) is 34.6 Å². The van der Waals surface area contributed by atoms with Crippen molar-refractivity contribution in [3.05, 3.63) is 101 Å². The van der Waals surface area contributed by atoms with E-state index in [2.05, 4.69) is 49.5 Å². The van der Waals surface area contributed by atoms with Crippen molar-refractivity contribution < 1.29 is 4.79 Å². The van der Waals surface area contributed by atoms with Crippen molar-refractivity contribution in [2.75, 3.05) is 7.05 Å². The Morgan fingerprint density at radius 3 is 2.51 bits per heavy atom. The average molecular weight is 463 g/mol. The van der Waals surface area contributed by atoms with Gasteiger partial charge in [0.1, 0.15) is 5.82 Å². The van der Waals surface area contributed by atoms with Crippen LogP contribution in [-0.4, -0.2) is 22.8 Å². The van der Waals surface area contributed by atoms with Gasteiger partial charge in [0.25, 0.3) is 0 Å². The first-order valence-corrected chi connectivity index (χ1v) is 12.3. The molecule has 1 aliphatic heterocycles. The van der Waals surface area contributed by atoms with Crippen molar-refractivity contribution in [3.8, 4) is 17.2 Å². The van der Waals surface area contributed by atoms with E-state index in [4.69, 9.17) is 4.98 Å². The molecule has 3 aromatic rings. The molecule has 2 fully saturated rings. The van der Waals surface area contributed by atoms with E-state index in [1.165, 1.54) is 18.4 Å². The Hall–Kier alpha value is -3.91. The van der Waals surface area contributed by atoms with Crippen molar-refractivity contribution >= 4 is 5.91 Å². The van der Waals surface area contributed by atoms with Crippen LogP contribution in [0.5, 0.6) is 0 Å². The summed E-state index contributed by atoms with van der Waals surface area (Å²) in [6.45, 7) is 4.13. The Labute approximate surface area is 207 Å². The zero-order chi connectivity index (χ0) is 24.6. The van der Waals surface area contributed by atoms with Crippen molar-refractivity contribution in [1.29, 1.82) is 5.26 Å². The molecule has 2 aromatic carbocycles. The number of amides is 1. The third-order valence-corrected chi connectivity index (χ3v) is 7.24. The first kappa shape index (κ1) is 22.9. The molecule has 0 bridgehead atoms. The predicted octanol–water partition coefficient (Wildman–Crippen LogP) is 5.81. The zero-order valence-electron chi connectivity index (χ0n) is 20.5. The molecule has 1 amide bonds. The smallest absolute Gasteiger partial charge is 0.238 e. The second-order valence-corrected chi connectivity index (χ2v) is 9.72. The number of nitrogens with zero attached hydrogens (tertiary/aromatic N) is 3. The fourth-order valence-electron chi connectivity index (χ4n) is 5.09. The Bertz CT molecular complexity index is 1330. The number of nitriles is 1. The number of carbonyl (C=O) groups is 1. The fourth-order valence-corrected chi connectivity index (χ4v) is 5.09. The Morgan fingerprint density at radius 1 is 1.11 bits per heavy atom. The van der Waals surface area contributed by atoms with Crippen molar-refractivity contribution in [2.45, 2.75) is 50.5 Å². The summed E-state index contributed by atoms with van der Waals surface area (Å²) in [5.41, 5.74) is 4.89. The first-order chi connectivity index (χ1) is 16.9. The molecule has 0 unspecified atom stereocenters. The number of carbonyl (C=O) groups excluding carboxylic acids is 1. The Balaban J connectivity index is 1.61. The molecule has 176 valence electrons. The van der Waals surface area contributed by atoms with E-state index < -0.39 is 11.5 Å². The van der Waals surface area contributed by atoms with Gasteiger partial charge < -0.3 is 10.2 Å². The highest BCUT2D eigenvalue weighted by Crippen LogP contribution is 2.44. The third kappa shape index (κ3) is 4.21. The Morgan fingerprint density at radius 2 is 1.83 bits per heavy atom. The molecule has 1 aliphatic carbocycles. The fraction of sp³-hybridized carbons (Fsp3) is 0.300. The molecule has 0 spiro atoms. The summed E-state index contributed by atoms with van der Waals surface area (Å²) in [7, 11) is 1.83. The van der Waals surface area contributed by atoms with Crippen molar-refractivity contribution in [3.63, 3.8) is 0 Å². The van der Waals surface area contributed by atoms with Crippen LogP contribution in [0.3, 0.4) is 0 Å². The van der Waals surface area contributed by atoms with E-state index in [1.54, 1.807) is 17.2 Å². The van der Waals surface area contributed by atoms with Gasteiger partial charge in [0.15, 0.2) is 0 Å². The molecule has 35 heavy (non-hydrogen) atoms. The van der Waals surface area contributed by atoms with Gasteiger partial charge >= 0.3 is 0 Å². The van der Waals surface area contributed by atoms with Crippen LogP contribution in [-0.2, 0) is 10.3 Å². The van der Waals surface area contributed by atoms with Gasteiger partial charge in [-0.05, 0) is 84.7 Å². The van der Waals surface area contributed by atoms with Gasteiger partial charge in [-0.1, -0.05) is 43.3 Å². The highest BCUT2D eigenvalue weighted by Gasteiger charge is 2.49. The number of hydrogen-bond donors (Lipinski definition) is 1. The number of allylic oxidation sites excluding steroid dienone is 1. The summed E-state index contributed by atoms with van der Waals surface area (Å²) in [6, 6.07) is 22.3. The topological polar surface area (TPSA) is 69.0 Å². The van der Waals surface area contributed by atoms with Gasteiger partial charge in [0.05, 0.1) is 28.8 Å². The number of rotatable bonds is 5. The van der Waals surface area contributed by atoms with Crippen LogP contribution >= 0.6 is 0 Å². The second-order valence-electron chi connectivity index (χ2n) is 9.72. The number of hydrogen-bond acceptors (Lipinski definition) is 4. The van der Waals surface area contributed by atoms with E-state index in [1.807, 2.05) is 43.5 Å². The Kier molecular flexibility index (Phi) is 5.90. The second kappa shape index (κ2) is 9.03. The van der Waals surface area contributed by atoms with Gasteiger partial charge in [-0.3, -0.25) is 9.78 Å². The minimum absolute atomic E-state index is 0.0452. The summed E-state index contributed by atoms with van der Waals surface area (Å²) in [5.74, 6) is 1.07. The molecular formula is C30H30N4O. The van der Waals surface area contributed by atoms with Gasteiger partial charge in [0, 0.05) is 13.2 Å². The molecule has 5 heteroatoms. The summed E-state index contributed by atoms with van der Waals surface area (Å²) >= 11 is 0. The number of pyridine rings is 1. The lowest BCUT2D eigenvalue weighted by atomic mass is 9.75. The maximum absolute atomic E-state index is 13.9. The van der Waals surface area contributed by atoms with E-state index in [9.17, 15) is 10.1 Å². The van der Waals surface area contributed by atoms with Crippen LogP contribution in [0.15, 0.2) is 78.8 Å². The maximum atomic E-state index is 13.9. The molecule has 2 heterocycles. The van der Waals surface area contributed by atoms with E-state index >= 15 is 0 Å². The van der Waals surface area contributed by atoms with Gasteiger partial charge in [-0.2, -0.15) is 5.26 Å². The van der Waals surface area contributed by atoms with Gasteiger partial charge in [-0.25, -0.2) is 0 Å². The normalized spacial score (nSPS) is 23.1. The monoisotopic (exact) mass is 462 g/mol. The van der Waals surface area contributed by atoms with Crippen LogP contribution in [0.1, 0.15) is 67.3 Å². The lowest BCUT2D eigenvalue weighted by Crippen LogP contribution is -2.58. The lowest BCUT2D eigenvalue weighted by molar-refractivity contribution is -0.135. The summed E-state index contributed by atoms with van der Waals surface area (Å²) in [4.78, 5) is 20.3. The molecule has 2 aliphatic rings. The zero-order valence-corrected chi connectivity index (χ0v) is 20.5. The summed E-state index contributed by atoms with van der Waals surface area (Å²) < 4.78 is 0. The number of nitrogens with one attached hydrogen (secondary N) is 1. The molecule has 1 saturated carbocycles. The lowest BCUT2D eigenvalue weighted by Gasteiger charge is -2.46. The highest BCUT2D eigenvalue weighted by atomic mass is 16.2.